The van der Waals surface area contributed by atoms with Gasteiger partial charge in [0.15, 0.2) is 5.96 Å². The number of piperidine rings is 1. The highest BCUT2D eigenvalue weighted by molar-refractivity contribution is 14.0. The van der Waals surface area contributed by atoms with Crippen molar-refractivity contribution < 1.29 is 19.1 Å². The van der Waals surface area contributed by atoms with Gasteiger partial charge in [0.2, 0.25) is 0 Å². The van der Waals surface area contributed by atoms with E-state index in [4.69, 9.17) is 9.47 Å². The minimum atomic E-state index is -0.488. The highest BCUT2D eigenvalue weighted by Crippen LogP contribution is 2.28. The average Bonchev–Trinajstić information content (AvgIpc) is 3.45. The molecule has 2 rings (SSSR count). The minimum absolute atomic E-state index is 0. The molecule has 0 radical (unpaired) electrons. The number of ether oxygens (including phenoxy) is 2. The Kier molecular flexibility index (Phi) is 9.79. The number of rotatable bonds is 5. The zero-order chi connectivity index (χ0) is 20.0. The number of methoxy groups -OCH3 is 1. The minimum Gasteiger partial charge on any atom is -0.469 e. The van der Waals surface area contributed by atoms with Gasteiger partial charge in [0, 0.05) is 39.3 Å². The van der Waals surface area contributed by atoms with Crippen LogP contribution in [0.5, 0.6) is 0 Å². The third kappa shape index (κ3) is 7.63. The van der Waals surface area contributed by atoms with Crippen molar-refractivity contribution in [1.29, 1.82) is 0 Å². The molecule has 1 aliphatic heterocycles. The second kappa shape index (κ2) is 11.1. The number of guanidine groups is 1. The molecule has 28 heavy (non-hydrogen) atoms. The maximum Gasteiger partial charge on any atom is 0.410 e. The van der Waals surface area contributed by atoms with E-state index >= 15 is 0 Å². The van der Waals surface area contributed by atoms with Crippen LogP contribution in [0.1, 0.15) is 46.5 Å². The van der Waals surface area contributed by atoms with Crippen molar-refractivity contribution >= 4 is 42.0 Å². The van der Waals surface area contributed by atoms with Gasteiger partial charge in [0.05, 0.1) is 13.0 Å². The van der Waals surface area contributed by atoms with Crippen LogP contribution >= 0.6 is 24.0 Å². The summed E-state index contributed by atoms with van der Waals surface area (Å²) in [7, 11) is 3.19. The number of nitrogens with zero attached hydrogens (tertiary/aromatic N) is 3. The van der Waals surface area contributed by atoms with E-state index in [9.17, 15) is 9.59 Å². The van der Waals surface area contributed by atoms with Gasteiger partial charge in [-0.05, 0) is 46.5 Å². The van der Waals surface area contributed by atoms with Crippen molar-refractivity contribution in [2.45, 2.75) is 58.1 Å². The van der Waals surface area contributed by atoms with E-state index in [0.717, 1.165) is 44.7 Å². The number of amides is 1. The van der Waals surface area contributed by atoms with Crippen LogP contribution < -0.4 is 5.32 Å². The van der Waals surface area contributed by atoms with Crippen LogP contribution in [0.2, 0.25) is 0 Å². The summed E-state index contributed by atoms with van der Waals surface area (Å²) < 4.78 is 10.4. The number of carbonyl (C=O) groups excluding carboxylic acids is 2. The van der Waals surface area contributed by atoms with Crippen molar-refractivity contribution in [3.8, 4) is 0 Å². The van der Waals surface area contributed by atoms with E-state index in [0.29, 0.717) is 19.1 Å². The van der Waals surface area contributed by atoms with Gasteiger partial charge in [-0.15, -0.1) is 24.0 Å². The van der Waals surface area contributed by atoms with E-state index in [1.807, 2.05) is 25.7 Å². The molecule has 2 aliphatic rings. The Balaban J connectivity index is 0.00000392. The van der Waals surface area contributed by atoms with Crippen molar-refractivity contribution in [3.05, 3.63) is 0 Å². The molecule has 0 aromatic carbocycles. The molecule has 1 saturated carbocycles. The summed E-state index contributed by atoms with van der Waals surface area (Å²) in [6, 6.07) is 0.291. The Morgan fingerprint density at radius 1 is 1.18 bits per heavy atom. The summed E-state index contributed by atoms with van der Waals surface area (Å²) in [5.41, 5.74) is -0.488. The lowest BCUT2D eigenvalue weighted by Crippen LogP contribution is -2.49. The van der Waals surface area contributed by atoms with Crippen molar-refractivity contribution in [2.75, 3.05) is 40.3 Å². The Labute approximate surface area is 185 Å². The SMILES string of the molecule is CN=C(NCCN(C(=O)OC(C)(C)C)C1CC1)N1CCC(C(=O)OC)CC1.I. The summed E-state index contributed by atoms with van der Waals surface area (Å²) >= 11 is 0. The molecule has 0 unspecified atom stereocenters. The predicted octanol–water partition coefficient (Wildman–Crippen LogP) is 2.46. The smallest absolute Gasteiger partial charge is 0.410 e. The van der Waals surface area contributed by atoms with Gasteiger partial charge in [-0.25, -0.2) is 4.79 Å². The lowest BCUT2D eigenvalue weighted by atomic mass is 9.97. The summed E-state index contributed by atoms with van der Waals surface area (Å²) in [6.45, 7) is 8.36. The van der Waals surface area contributed by atoms with E-state index in [1.165, 1.54) is 7.11 Å². The lowest BCUT2D eigenvalue weighted by molar-refractivity contribution is -0.146. The van der Waals surface area contributed by atoms with Gasteiger partial charge in [0.1, 0.15) is 5.60 Å². The van der Waals surface area contributed by atoms with E-state index < -0.39 is 5.60 Å². The molecule has 1 heterocycles. The van der Waals surface area contributed by atoms with E-state index in [-0.39, 0.29) is 42.0 Å². The van der Waals surface area contributed by atoms with Crippen LogP contribution in [-0.2, 0) is 14.3 Å². The van der Waals surface area contributed by atoms with E-state index in [2.05, 4.69) is 15.2 Å². The Hall–Kier alpha value is -1.26. The third-order valence-corrected chi connectivity index (χ3v) is 4.79. The molecular formula is C19H35IN4O4. The van der Waals surface area contributed by atoms with Crippen molar-refractivity contribution in [1.82, 2.24) is 15.1 Å². The number of likely N-dealkylation sites (tertiary alicyclic amines) is 1. The van der Waals surface area contributed by atoms with Crippen molar-refractivity contribution in [3.63, 3.8) is 0 Å². The monoisotopic (exact) mass is 510 g/mol. The molecule has 2 fully saturated rings. The normalized spacial score (nSPS) is 18.2. The first kappa shape index (κ1) is 24.8. The molecule has 0 spiro atoms. The first-order valence-electron chi connectivity index (χ1n) is 9.78. The highest BCUT2D eigenvalue weighted by Gasteiger charge is 2.35. The molecule has 9 heteroatoms. The molecule has 1 amide bonds. The number of nitrogens with one attached hydrogen (secondary N) is 1. The summed E-state index contributed by atoms with van der Waals surface area (Å²) in [4.78, 5) is 32.4. The van der Waals surface area contributed by atoms with Gasteiger partial charge in [-0.2, -0.15) is 0 Å². The second-order valence-electron chi connectivity index (χ2n) is 8.16. The van der Waals surface area contributed by atoms with E-state index in [1.54, 1.807) is 7.05 Å². The number of aliphatic imine (C=N–C) groups is 1. The molecule has 8 nitrogen and oxygen atoms in total. The average molecular weight is 510 g/mol. The molecule has 0 atom stereocenters. The second-order valence-corrected chi connectivity index (χ2v) is 8.16. The molecule has 162 valence electrons. The van der Waals surface area contributed by atoms with Crippen LogP contribution in [0, 0.1) is 5.92 Å². The number of halogens is 1. The molecule has 1 saturated heterocycles. The van der Waals surface area contributed by atoms with Crippen LogP contribution in [0.15, 0.2) is 4.99 Å². The fourth-order valence-corrected chi connectivity index (χ4v) is 3.24. The Bertz CT molecular complexity index is 553. The van der Waals surface area contributed by atoms with Crippen LogP contribution in [0.4, 0.5) is 4.79 Å². The first-order chi connectivity index (χ1) is 12.7. The highest BCUT2D eigenvalue weighted by atomic mass is 127. The molecule has 1 N–H and O–H groups in total. The largest absolute Gasteiger partial charge is 0.469 e. The molecule has 1 aliphatic carbocycles. The fraction of sp³-hybridized carbons (Fsp3) is 0.842. The fourth-order valence-electron chi connectivity index (χ4n) is 3.24. The molecule has 0 aromatic rings. The summed E-state index contributed by atoms with van der Waals surface area (Å²) in [5, 5.41) is 3.34. The predicted molar refractivity (Wildman–Crippen MR) is 119 cm³/mol. The Morgan fingerprint density at radius 2 is 1.79 bits per heavy atom. The van der Waals surface area contributed by atoms with Crippen LogP contribution in [-0.4, -0.2) is 79.8 Å². The topological polar surface area (TPSA) is 83.5 Å². The van der Waals surface area contributed by atoms with Gasteiger partial charge in [0.25, 0.3) is 0 Å². The van der Waals surface area contributed by atoms with Gasteiger partial charge < -0.3 is 24.6 Å². The zero-order valence-electron chi connectivity index (χ0n) is 17.7. The third-order valence-electron chi connectivity index (χ3n) is 4.79. The standard InChI is InChI=1S/C19H34N4O4.HI/c1-19(2,3)27-18(25)23(15-6-7-15)13-10-21-17(20-4)22-11-8-14(9-12-22)16(24)26-5;/h14-15H,6-13H2,1-5H3,(H,20,21);1H. The zero-order valence-corrected chi connectivity index (χ0v) is 20.0. The maximum absolute atomic E-state index is 12.4. The maximum atomic E-state index is 12.4. The quantitative estimate of drug-likeness (QED) is 0.265. The lowest BCUT2D eigenvalue weighted by Gasteiger charge is -2.33. The number of hydrogen-bond acceptors (Lipinski definition) is 5. The number of esters is 1. The molecular weight excluding hydrogens is 475 g/mol. The van der Waals surface area contributed by atoms with Crippen molar-refractivity contribution in [2.24, 2.45) is 10.9 Å². The summed E-state index contributed by atoms with van der Waals surface area (Å²) in [6.07, 6.45) is 3.35. The van der Waals surface area contributed by atoms with Gasteiger partial charge >= 0.3 is 12.1 Å². The van der Waals surface area contributed by atoms with Gasteiger partial charge in [-0.3, -0.25) is 9.79 Å². The van der Waals surface area contributed by atoms with Crippen LogP contribution in [0.3, 0.4) is 0 Å². The number of carbonyl (C=O) groups is 2. The van der Waals surface area contributed by atoms with Crippen LogP contribution in [0.25, 0.3) is 0 Å². The first-order valence-corrected chi connectivity index (χ1v) is 9.78. The summed E-state index contributed by atoms with van der Waals surface area (Å²) in [5.74, 6) is 0.648. The van der Waals surface area contributed by atoms with Gasteiger partial charge in [-0.1, -0.05) is 0 Å². The molecule has 0 aromatic heterocycles. The molecule has 0 bridgehead atoms. The Morgan fingerprint density at radius 3 is 2.25 bits per heavy atom. The number of hydrogen-bond donors (Lipinski definition) is 1.